The predicted molar refractivity (Wildman–Crippen MR) is 58.2 cm³/mol. The van der Waals surface area contributed by atoms with Gasteiger partial charge in [0.1, 0.15) is 5.25 Å². The number of Topliss-reactive ketones (excluding diaryl/α,β-unsaturated/α-hetero) is 1. The Morgan fingerprint density at radius 2 is 1.87 bits per heavy atom. The maximum absolute atomic E-state index is 12.1. The fourth-order valence-electron chi connectivity index (χ4n) is 3.33. The van der Waals surface area contributed by atoms with Crippen LogP contribution in [-0.2, 0) is 13.8 Å². The number of carbonyl (C=O) groups is 1. The summed E-state index contributed by atoms with van der Waals surface area (Å²) in [5.74, 6) is -0.295. The van der Waals surface area contributed by atoms with Gasteiger partial charge < -0.3 is 0 Å². The van der Waals surface area contributed by atoms with Crippen molar-refractivity contribution < 1.29 is 13.2 Å². The number of fused-ring (bicyclic) bond motifs is 2. The van der Waals surface area contributed by atoms with Gasteiger partial charge in [0, 0.05) is 16.1 Å². The van der Waals surface area contributed by atoms with Crippen LogP contribution in [0.25, 0.3) is 0 Å². The van der Waals surface area contributed by atoms with Gasteiger partial charge in [-0.1, -0.05) is 20.8 Å². The Kier molecular flexibility index (Phi) is 2.11. The molecule has 2 saturated carbocycles. The average Bonchev–Trinajstić information content (AvgIpc) is 2.33. The molecule has 3 atom stereocenters. The van der Waals surface area contributed by atoms with Gasteiger partial charge in [-0.2, -0.15) is 0 Å². The highest BCUT2D eigenvalue weighted by atomic mass is 35.7. The Morgan fingerprint density at radius 3 is 2.13 bits per heavy atom. The Morgan fingerprint density at radius 1 is 1.33 bits per heavy atom. The molecule has 0 radical (unpaired) electrons. The van der Waals surface area contributed by atoms with Crippen LogP contribution in [0.1, 0.15) is 33.6 Å². The van der Waals surface area contributed by atoms with Gasteiger partial charge in [-0.05, 0) is 24.2 Å². The third-order valence-electron chi connectivity index (χ3n) is 4.78. The molecule has 0 saturated heterocycles. The van der Waals surface area contributed by atoms with Crippen molar-refractivity contribution in [2.24, 2.45) is 16.7 Å². The van der Waals surface area contributed by atoms with E-state index in [-0.39, 0.29) is 17.1 Å². The van der Waals surface area contributed by atoms with Gasteiger partial charge >= 0.3 is 0 Å². The van der Waals surface area contributed by atoms with Crippen LogP contribution < -0.4 is 0 Å². The lowest BCUT2D eigenvalue weighted by atomic mass is 9.70. The van der Waals surface area contributed by atoms with Gasteiger partial charge in [-0.25, -0.2) is 8.42 Å². The van der Waals surface area contributed by atoms with Crippen LogP contribution in [0.5, 0.6) is 0 Å². The Labute approximate surface area is 94.6 Å². The molecule has 15 heavy (non-hydrogen) atoms. The highest BCUT2D eigenvalue weighted by molar-refractivity contribution is 8.14. The summed E-state index contributed by atoms with van der Waals surface area (Å²) >= 11 is 0. The molecule has 0 N–H and O–H groups in total. The first-order valence-electron chi connectivity index (χ1n) is 5.10. The molecular formula is C10H15ClO3S. The summed E-state index contributed by atoms with van der Waals surface area (Å²) in [5.41, 5.74) is -0.763. The van der Waals surface area contributed by atoms with Crippen molar-refractivity contribution in [3.63, 3.8) is 0 Å². The number of hydrogen-bond acceptors (Lipinski definition) is 3. The Balaban J connectivity index is 2.57. The zero-order valence-corrected chi connectivity index (χ0v) is 10.7. The van der Waals surface area contributed by atoms with Crippen molar-refractivity contribution in [2.45, 2.75) is 38.9 Å². The molecule has 0 aromatic heterocycles. The van der Waals surface area contributed by atoms with Crippen molar-refractivity contribution in [3.05, 3.63) is 0 Å². The third-order valence-corrected chi connectivity index (χ3v) is 6.50. The molecule has 5 heteroatoms. The molecule has 2 aliphatic carbocycles. The topological polar surface area (TPSA) is 51.2 Å². The van der Waals surface area contributed by atoms with Gasteiger partial charge in [0.05, 0.1) is 0 Å². The molecule has 0 aliphatic heterocycles. The van der Waals surface area contributed by atoms with Crippen molar-refractivity contribution in [3.8, 4) is 0 Å². The van der Waals surface area contributed by atoms with E-state index in [9.17, 15) is 13.2 Å². The van der Waals surface area contributed by atoms with E-state index in [2.05, 4.69) is 0 Å². The first kappa shape index (κ1) is 11.4. The number of rotatable bonds is 1. The van der Waals surface area contributed by atoms with Crippen molar-refractivity contribution in [2.75, 3.05) is 0 Å². The van der Waals surface area contributed by atoms with Crippen LogP contribution in [0.2, 0.25) is 0 Å². The summed E-state index contributed by atoms with van der Waals surface area (Å²) in [5, 5.41) is -0.979. The number of ketones is 1. The van der Waals surface area contributed by atoms with E-state index in [1.54, 1.807) is 0 Å². The van der Waals surface area contributed by atoms with E-state index in [1.165, 1.54) is 0 Å². The quantitative estimate of drug-likeness (QED) is 0.669. The fraction of sp³-hybridized carbons (Fsp3) is 0.900. The monoisotopic (exact) mass is 250 g/mol. The summed E-state index contributed by atoms with van der Waals surface area (Å²) in [4.78, 5) is 12.1. The lowest BCUT2D eigenvalue weighted by molar-refractivity contribution is -0.127. The molecule has 2 fully saturated rings. The molecule has 2 bridgehead atoms. The molecular weight excluding hydrogens is 236 g/mol. The fourth-order valence-corrected chi connectivity index (χ4v) is 5.33. The standard InChI is InChI=1S/C10H15ClO3S/c1-9(2)6-4-5-10(9,3)8(12)7(6)15(11,13)14/h6-7H,4-5H2,1-3H3/t6?,7?,10-/m0/s1. The minimum atomic E-state index is -3.77. The van der Waals surface area contributed by atoms with E-state index in [1.807, 2.05) is 20.8 Å². The normalized spacial score (nSPS) is 43.6. The van der Waals surface area contributed by atoms with Gasteiger partial charge in [0.15, 0.2) is 5.78 Å². The van der Waals surface area contributed by atoms with Crippen LogP contribution in [0.15, 0.2) is 0 Å². The van der Waals surface area contributed by atoms with Crippen LogP contribution in [-0.4, -0.2) is 19.5 Å². The predicted octanol–water partition coefficient (Wildman–Crippen LogP) is 1.95. The van der Waals surface area contributed by atoms with Gasteiger partial charge in [-0.3, -0.25) is 4.79 Å². The van der Waals surface area contributed by atoms with Crippen LogP contribution >= 0.6 is 10.7 Å². The summed E-state index contributed by atoms with van der Waals surface area (Å²) < 4.78 is 22.8. The largest absolute Gasteiger partial charge is 0.298 e. The highest BCUT2D eigenvalue weighted by Gasteiger charge is 2.69. The highest BCUT2D eigenvalue weighted by Crippen LogP contribution is 2.65. The zero-order valence-electron chi connectivity index (χ0n) is 9.08. The smallest absolute Gasteiger partial charge is 0.242 e. The number of hydrogen-bond donors (Lipinski definition) is 0. The molecule has 0 amide bonds. The first-order chi connectivity index (χ1) is 6.62. The maximum Gasteiger partial charge on any atom is 0.242 e. The first-order valence-corrected chi connectivity index (χ1v) is 7.47. The minimum absolute atomic E-state index is 0.113. The maximum atomic E-state index is 12.1. The van der Waals surface area contributed by atoms with Crippen LogP contribution in [0, 0.1) is 16.7 Å². The minimum Gasteiger partial charge on any atom is -0.298 e. The molecule has 0 spiro atoms. The van der Waals surface area contributed by atoms with Gasteiger partial charge in [-0.15, -0.1) is 0 Å². The molecule has 0 heterocycles. The lowest BCUT2D eigenvalue weighted by Gasteiger charge is -2.32. The molecule has 86 valence electrons. The molecule has 2 unspecified atom stereocenters. The van der Waals surface area contributed by atoms with Gasteiger partial charge in [0.25, 0.3) is 0 Å². The lowest BCUT2D eigenvalue weighted by Crippen LogP contribution is -2.37. The van der Waals surface area contributed by atoms with Crippen molar-refractivity contribution in [1.82, 2.24) is 0 Å². The molecule has 0 aromatic rings. The second-order valence-electron chi connectivity index (χ2n) is 5.46. The van der Waals surface area contributed by atoms with E-state index >= 15 is 0 Å². The summed E-state index contributed by atoms with van der Waals surface area (Å²) in [6, 6.07) is 0. The van der Waals surface area contributed by atoms with E-state index in [0.29, 0.717) is 0 Å². The second kappa shape index (κ2) is 2.77. The Hall–Kier alpha value is -0.0900. The molecule has 2 rings (SSSR count). The van der Waals surface area contributed by atoms with Gasteiger partial charge in [0.2, 0.25) is 9.05 Å². The molecule has 0 aromatic carbocycles. The summed E-state index contributed by atoms with van der Waals surface area (Å²) in [6.45, 7) is 5.83. The molecule has 3 nitrogen and oxygen atoms in total. The number of halogens is 1. The van der Waals surface area contributed by atoms with E-state index < -0.39 is 19.7 Å². The van der Waals surface area contributed by atoms with Crippen LogP contribution in [0.3, 0.4) is 0 Å². The zero-order chi connectivity index (χ0) is 11.6. The summed E-state index contributed by atoms with van der Waals surface area (Å²) in [6.07, 6.45) is 1.57. The van der Waals surface area contributed by atoms with E-state index in [0.717, 1.165) is 12.8 Å². The third kappa shape index (κ3) is 1.18. The average molecular weight is 251 g/mol. The van der Waals surface area contributed by atoms with Crippen molar-refractivity contribution in [1.29, 1.82) is 0 Å². The van der Waals surface area contributed by atoms with E-state index in [4.69, 9.17) is 10.7 Å². The second-order valence-corrected chi connectivity index (χ2v) is 8.21. The van der Waals surface area contributed by atoms with Crippen LogP contribution in [0.4, 0.5) is 0 Å². The van der Waals surface area contributed by atoms with Crippen molar-refractivity contribution >= 4 is 25.5 Å². The summed E-state index contributed by atoms with van der Waals surface area (Å²) in [7, 11) is 1.60. The number of carbonyl (C=O) groups excluding carboxylic acids is 1. The Bertz CT molecular complexity index is 426. The SMILES string of the molecule is CC1(C)C2CC[C@@]1(C)C(=O)C2S(=O)(=O)Cl. The molecule has 2 aliphatic rings.